The summed E-state index contributed by atoms with van der Waals surface area (Å²) in [5.74, 6) is 0.552. The van der Waals surface area contributed by atoms with E-state index in [0.717, 1.165) is 38.8 Å². The van der Waals surface area contributed by atoms with Crippen molar-refractivity contribution >= 4 is 21.1 Å². The normalized spacial score (nSPS) is 11.7. The molecular weight excluding hydrogens is 412 g/mol. The molecule has 0 radical (unpaired) electrons. The van der Waals surface area contributed by atoms with E-state index in [1.165, 1.54) is 11.4 Å². The highest BCUT2D eigenvalue weighted by atomic mass is 32.2. The van der Waals surface area contributed by atoms with E-state index in [0.29, 0.717) is 5.75 Å². The smallest absolute Gasteiger partial charge is 0.235 e. The standard InChI is InChI=1S/C23H22N4O3S/c1-3-31(28,29)27(2)14-15-30-20-16-24-13-11-18(20)22-21(17-8-5-4-6-9-17)23-19(26-22)10-7-12-25-23/h3-13,16,26H,1,14-15H2,2H3. The number of benzene rings is 1. The van der Waals surface area contributed by atoms with Crippen LogP contribution in [-0.2, 0) is 10.0 Å². The molecule has 0 unspecified atom stereocenters. The van der Waals surface area contributed by atoms with E-state index >= 15 is 0 Å². The van der Waals surface area contributed by atoms with Gasteiger partial charge in [-0.1, -0.05) is 36.9 Å². The summed E-state index contributed by atoms with van der Waals surface area (Å²) in [7, 11) is -2.00. The first-order valence-electron chi connectivity index (χ1n) is 9.69. The van der Waals surface area contributed by atoms with Gasteiger partial charge in [-0.3, -0.25) is 9.97 Å². The third kappa shape index (κ3) is 4.21. The molecule has 4 aromatic rings. The Bertz CT molecular complexity index is 1320. The van der Waals surface area contributed by atoms with Gasteiger partial charge in [-0.25, -0.2) is 8.42 Å². The second kappa shape index (κ2) is 8.71. The Balaban J connectivity index is 1.72. The van der Waals surface area contributed by atoms with Crippen LogP contribution in [0.15, 0.2) is 79.1 Å². The average molecular weight is 435 g/mol. The first kappa shape index (κ1) is 20.8. The minimum absolute atomic E-state index is 0.168. The Hall–Kier alpha value is -3.49. The van der Waals surface area contributed by atoms with Crippen molar-refractivity contribution in [2.45, 2.75) is 0 Å². The summed E-state index contributed by atoms with van der Waals surface area (Å²) in [5, 5.41) is 0.923. The second-order valence-corrected chi connectivity index (χ2v) is 8.88. The molecule has 0 spiro atoms. The molecule has 3 heterocycles. The maximum absolute atomic E-state index is 11.9. The lowest BCUT2D eigenvalue weighted by atomic mass is 10.0. The molecule has 8 heteroatoms. The van der Waals surface area contributed by atoms with Gasteiger partial charge in [0, 0.05) is 42.5 Å². The molecule has 0 fully saturated rings. The van der Waals surface area contributed by atoms with Crippen molar-refractivity contribution in [3.05, 3.63) is 79.1 Å². The quantitative estimate of drug-likeness (QED) is 0.452. The van der Waals surface area contributed by atoms with Gasteiger partial charge in [-0.15, -0.1) is 0 Å². The van der Waals surface area contributed by atoms with Gasteiger partial charge < -0.3 is 9.72 Å². The van der Waals surface area contributed by atoms with Crippen molar-refractivity contribution in [2.24, 2.45) is 0 Å². The number of nitrogens with zero attached hydrogens (tertiary/aromatic N) is 3. The molecule has 0 aliphatic carbocycles. The number of aromatic nitrogens is 3. The minimum Gasteiger partial charge on any atom is -0.490 e. The largest absolute Gasteiger partial charge is 0.490 e. The van der Waals surface area contributed by atoms with Crippen LogP contribution in [0.3, 0.4) is 0 Å². The van der Waals surface area contributed by atoms with E-state index in [2.05, 4.69) is 21.5 Å². The first-order valence-corrected chi connectivity index (χ1v) is 11.2. The molecule has 0 saturated heterocycles. The number of likely N-dealkylation sites (N-methyl/N-ethyl adjacent to an activating group) is 1. The summed E-state index contributed by atoms with van der Waals surface area (Å²) >= 11 is 0. The van der Waals surface area contributed by atoms with Crippen LogP contribution in [0.1, 0.15) is 0 Å². The summed E-state index contributed by atoms with van der Waals surface area (Å²) in [6.45, 7) is 3.69. The lowest BCUT2D eigenvalue weighted by molar-refractivity contribution is 0.288. The predicted molar refractivity (Wildman–Crippen MR) is 122 cm³/mol. The van der Waals surface area contributed by atoms with Crippen molar-refractivity contribution in [1.29, 1.82) is 0 Å². The molecule has 3 aromatic heterocycles. The number of pyridine rings is 2. The Morgan fingerprint density at radius 2 is 1.94 bits per heavy atom. The molecule has 1 N–H and O–H groups in total. The van der Waals surface area contributed by atoms with Crippen LogP contribution < -0.4 is 4.74 Å². The predicted octanol–water partition coefficient (Wildman–Crippen LogP) is 4.08. The summed E-state index contributed by atoms with van der Waals surface area (Å²) in [6, 6.07) is 15.8. The molecular formula is C23H22N4O3S. The fourth-order valence-electron chi connectivity index (χ4n) is 3.35. The molecule has 158 valence electrons. The van der Waals surface area contributed by atoms with Gasteiger partial charge in [0.2, 0.25) is 10.0 Å². The van der Waals surface area contributed by atoms with Crippen LogP contribution in [0.25, 0.3) is 33.4 Å². The lowest BCUT2D eigenvalue weighted by Gasteiger charge is -2.16. The van der Waals surface area contributed by atoms with Gasteiger partial charge in [0.15, 0.2) is 0 Å². The van der Waals surface area contributed by atoms with Crippen LogP contribution in [0, 0.1) is 0 Å². The van der Waals surface area contributed by atoms with Gasteiger partial charge in [0.1, 0.15) is 12.4 Å². The third-order valence-electron chi connectivity index (χ3n) is 4.98. The average Bonchev–Trinajstić information content (AvgIpc) is 3.19. The van der Waals surface area contributed by atoms with E-state index in [4.69, 9.17) is 4.74 Å². The molecule has 0 amide bonds. The number of H-pyrrole nitrogens is 1. The highest BCUT2D eigenvalue weighted by Gasteiger charge is 2.19. The number of fused-ring (bicyclic) bond motifs is 1. The fourth-order valence-corrected chi connectivity index (χ4v) is 3.93. The number of sulfonamides is 1. The van der Waals surface area contributed by atoms with E-state index in [1.54, 1.807) is 18.6 Å². The van der Waals surface area contributed by atoms with Gasteiger partial charge in [-0.2, -0.15) is 4.31 Å². The molecule has 1 aromatic carbocycles. The monoisotopic (exact) mass is 434 g/mol. The molecule has 4 rings (SSSR count). The molecule has 0 aliphatic heterocycles. The zero-order valence-corrected chi connectivity index (χ0v) is 17.8. The molecule has 31 heavy (non-hydrogen) atoms. The minimum atomic E-state index is -3.49. The molecule has 0 aliphatic rings. The Labute approximate surface area is 181 Å². The maximum Gasteiger partial charge on any atom is 0.235 e. The second-order valence-electron chi connectivity index (χ2n) is 6.89. The van der Waals surface area contributed by atoms with Gasteiger partial charge in [-0.05, 0) is 23.8 Å². The Morgan fingerprint density at radius 3 is 2.71 bits per heavy atom. The number of ether oxygens (including phenoxy) is 1. The van der Waals surface area contributed by atoms with E-state index in [1.807, 2.05) is 48.5 Å². The first-order chi connectivity index (χ1) is 15.0. The number of nitrogens with one attached hydrogen (secondary N) is 1. The number of aromatic amines is 1. The molecule has 0 atom stereocenters. The van der Waals surface area contributed by atoms with E-state index in [-0.39, 0.29) is 13.2 Å². The molecule has 0 bridgehead atoms. The molecule has 0 saturated carbocycles. The topological polar surface area (TPSA) is 88.2 Å². The van der Waals surface area contributed by atoms with Crippen LogP contribution >= 0.6 is 0 Å². The number of hydrogen-bond donors (Lipinski definition) is 1. The zero-order chi connectivity index (χ0) is 21.8. The molecule has 7 nitrogen and oxygen atoms in total. The third-order valence-corrected chi connectivity index (χ3v) is 6.45. The summed E-state index contributed by atoms with van der Waals surface area (Å²) in [5.41, 5.74) is 5.46. The fraction of sp³-hybridized carbons (Fsp3) is 0.130. The van der Waals surface area contributed by atoms with Crippen LogP contribution in [-0.4, -0.2) is 47.9 Å². The van der Waals surface area contributed by atoms with E-state index < -0.39 is 10.0 Å². The van der Waals surface area contributed by atoms with Crippen molar-refractivity contribution < 1.29 is 13.2 Å². The Morgan fingerprint density at radius 1 is 1.13 bits per heavy atom. The SMILES string of the molecule is C=CS(=O)(=O)N(C)CCOc1cnccc1-c1[nH]c2cccnc2c1-c1ccccc1. The summed E-state index contributed by atoms with van der Waals surface area (Å²) in [4.78, 5) is 12.2. The van der Waals surface area contributed by atoms with Gasteiger partial charge >= 0.3 is 0 Å². The van der Waals surface area contributed by atoms with Crippen LogP contribution in [0.4, 0.5) is 0 Å². The number of hydrogen-bond acceptors (Lipinski definition) is 5. The number of rotatable bonds is 8. The summed E-state index contributed by atoms with van der Waals surface area (Å²) in [6.07, 6.45) is 5.10. The Kier molecular flexibility index (Phi) is 5.83. The maximum atomic E-state index is 11.9. The van der Waals surface area contributed by atoms with Gasteiger partial charge in [0.05, 0.1) is 22.9 Å². The lowest BCUT2D eigenvalue weighted by Crippen LogP contribution is -2.29. The van der Waals surface area contributed by atoms with Crippen molar-refractivity contribution in [1.82, 2.24) is 19.3 Å². The highest BCUT2D eigenvalue weighted by Crippen LogP contribution is 2.40. The zero-order valence-electron chi connectivity index (χ0n) is 17.0. The van der Waals surface area contributed by atoms with E-state index in [9.17, 15) is 8.42 Å². The van der Waals surface area contributed by atoms with Crippen molar-refractivity contribution in [3.63, 3.8) is 0 Å². The van der Waals surface area contributed by atoms with Crippen LogP contribution in [0.5, 0.6) is 5.75 Å². The summed E-state index contributed by atoms with van der Waals surface area (Å²) < 4.78 is 30.9. The van der Waals surface area contributed by atoms with Gasteiger partial charge in [0.25, 0.3) is 0 Å². The van der Waals surface area contributed by atoms with Crippen LogP contribution in [0.2, 0.25) is 0 Å². The van der Waals surface area contributed by atoms with Crippen molar-refractivity contribution in [2.75, 3.05) is 20.2 Å². The van der Waals surface area contributed by atoms with Crippen molar-refractivity contribution in [3.8, 4) is 28.1 Å². The highest BCUT2D eigenvalue weighted by molar-refractivity contribution is 7.91.